The number of aromatic nitrogens is 1. The summed E-state index contributed by atoms with van der Waals surface area (Å²) in [5, 5.41) is 13.0. The average Bonchev–Trinajstić information content (AvgIpc) is 2.74. The number of hydrogen-bond acceptors (Lipinski definition) is 6. The molecule has 3 rings (SSSR count). The molecule has 0 saturated heterocycles. The van der Waals surface area contributed by atoms with Crippen LogP contribution in [0.5, 0.6) is 17.2 Å². The molecule has 0 saturated carbocycles. The molecule has 0 atom stereocenters. The van der Waals surface area contributed by atoms with Gasteiger partial charge in [0.15, 0.2) is 11.5 Å². The molecule has 0 aliphatic carbocycles. The third-order valence-electron chi connectivity index (χ3n) is 4.45. The third-order valence-corrected chi connectivity index (χ3v) is 4.45. The van der Waals surface area contributed by atoms with Gasteiger partial charge in [0.05, 0.1) is 32.6 Å². The van der Waals surface area contributed by atoms with E-state index in [-0.39, 0.29) is 0 Å². The van der Waals surface area contributed by atoms with Gasteiger partial charge in [0.2, 0.25) is 0 Å². The molecule has 0 unspecified atom stereocenters. The first kappa shape index (κ1) is 19.1. The number of nitrogens with one attached hydrogen (secondary N) is 1. The summed E-state index contributed by atoms with van der Waals surface area (Å²) in [4.78, 5) is 4.23. The molecule has 0 aliphatic heterocycles. The van der Waals surface area contributed by atoms with Crippen molar-refractivity contribution in [2.75, 3.05) is 26.6 Å². The Kier molecular flexibility index (Phi) is 5.66. The van der Waals surface area contributed by atoms with Gasteiger partial charge in [-0.15, -0.1) is 0 Å². The maximum Gasteiger partial charge on any atom is 0.161 e. The first-order valence-electron chi connectivity index (χ1n) is 8.63. The van der Waals surface area contributed by atoms with Crippen molar-refractivity contribution in [2.24, 2.45) is 0 Å². The zero-order valence-electron chi connectivity index (χ0n) is 16.2. The summed E-state index contributed by atoms with van der Waals surface area (Å²) in [7, 11) is 4.81. The van der Waals surface area contributed by atoms with E-state index in [2.05, 4.69) is 16.4 Å². The van der Waals surface area contributed by atoms with Crippen LogP contribution in [0.4, 0.5) is 11.4 Å². The third kappa shape index (κ3) is 3.69. The van der Waals surface area contributed by atoms with Crippen LogP contribution in [0.15, 0.2) is 48.8 Å². The smallest absolute Gasteiger partial charge is 0.161 e. The maximum absolute atomic E-state index is 9.61. The fraction of sp³-hybridized carbons (Fsp3) is 0.182. The van der Waals surface area contributed by atoms with E-state index in [1.807, 2.05) is 43.3 Å². The van der Waals surface area contributed by atoms with Gasteiger partial charge in [0, 0.05) is 23.6 Å². The number of anilines is 2. The SMILES string of the molecule is COc1ccc(Nc2c(C#N)cncc2-c2ccc(OC)c(OC)c2)c(C)c1. The molecule has 0 bridgehead atoms. The molecule has 0 amide bonds. The number of nitrogens with zero attached hydrogens (tertiary/aromatic N) is 2. The molecule has 2 aromatic carbocycles. The van der Waals surface area contributed by atoms with Gasteiger partial charge in [-0.25, -0.2) is 0 Å². The van der Waals surface area contributed by atoms with E-state index < -0.39 is 0 Å². The van der Waals surface area contributed by atoms with Crippen molar-refractivity contribution >= 4 is 11.4 Å². The quantitative estimate of drug-likeness (QED) is 0.673. The molecule has 28 heavy (non-hydrogen) atoms. The van der Waals surface area contributed by atoms with E-state index in [1.54, 1.807) is 33.7 Å². The molecule has 6 heteroatoms. The maximum atomic E-state index is 9.61. The van der Waals surface area contributed by atoms with Crippen LogP contribution in [-0.4, -0.2) is 26.3 Å². The highest BCUT2D eigenvalue weighted by atomic mass is 16.5. The summed E-state index contributed by atoms with van der Waals surface area (Å²) in [6, 6.07) is 13.5. The molecular weight excluding hydrogens is 354 g/mol. The predicted octanol–water partition coefficient (Wildman–Crippen LogP) is 4.70. The first-order valence-corrected chi connectivity index (χ1v) is 8.63. The Morgan fingerprint density at radius 2 is 1.71 bits per heavy atom. The van der Waals surface area contributed by atoms with E-state index in [0.29, 0.717) is 22.7 Å². The Morgan fingerprint density at radius 3 is 2.36 bits per heavy atom. The summed E-state index contributed by atoms with van der Waals surface area (Å²) >= 11 is 0. The van der Waals surface area contributed by atoms with Gasteiger partial charge in [0.25, 0.3) is 0 Å². The molecule has 6 nitrogen and oxygen atoms in total. The van der Waals surface area contributed by atoms with E-state index in [9.17, 15) is 5.26 Å². The summed E-state index contributed by atoms with van der Waals surface area (Å²) in [5.41, 5.74) is 4.65. The number of pyridine rings is 1. The fourth-order valence-electron chi connectivity index (χ4n) is 2.94. The number of rotatable bonds is 6. The Balaban J connectivity index is 2.11. The Bertz CT molecular complexity index is 1040. The highest BCUT2D eigenvalue weighted by Crippen LogP contribution is 2.38. The van der Waals surface area contributed by atoms with Gasteiger partial charge in [-0.2, -0.15) is 5.26 Å². The molecule has 1 heterocycles. The summed E-state index contributed by atoms with van der Waals surface area (Å²) < 4.78 is 16.0. The van der Waals surface area contributed by atoms with Crippen LogP contribution in [-0.2, 0) is 0 Å². The second-order valence-electron chi connectivity index (χ2n) is 6.10. The van der Waals surface area contributed by atoms with Crippen LogP contribution < -0.4 is 19.5 Å². The number of methoxy groups -OCH3 is 3. The van der Waals surface area contributed by atoms with Crippen LogP contribution in [0.25, 0.3) is 11.1 Å². The zero-order valence-corrected chi connectivity index (χ0v) is 16.2. The Morgan fingerprint density at radius 1 is 0.929 bits per heavy atom. The lowest BCUT2D eigenvalue weighted by atomic mass is 10.0. The molecule has 0 fully saturated rings. The van der Waals surface area contributed by atoms with Crippen LogP contribution in [0.2, 0.25) is 0 Å². The monoisotopic (exact) mass is 375 g/mol. The van der Waals surface area contributed by atoms with Gasteiger partial charge < -0.3 is 19.5 Å². The van der Waals surface area contributed by atoms with Crippen molar-refractivity contribution in [1.82, 2.24) is 4.98 Å². The minimum absolute atomic E-state index is 0.447. The van der Waals surface area contributed by atoms with E-state index in [4.69, 9.17) is 14.2 Å². The van der Waals surface area contributed by atoms with Gasteiger partial charge in [-0.3, -0.25) is 4.98 Å². The van der Waals surface area contributed by atoms with Crippen molar-refractivity contribution in [1.29, 1.82) is 5.26 Å². The lowest BCUT2D eigenvalue weighted by Gasteiger charge is -2.17. The van der Waals surface area contributed by atoms with Crippen molar-refractivity contribution in [3.8, 4) is 34.4 Å². The second kappa shape index (κ2) is 8.31. The second-order valence-corrected chi connectivity index (χ2v) is 6.10. The van der Waals surface area contributed by atoms with Crippen molar-refractivity contribution < 1.29 is 14.2 Å². The van der Waals surface area contributed by atoms with Crippen molar-refractivity contribution in [2.45, 2.75) is 6.92 Å². The normalized spacial score (nSPS) is 10.1. The van der Waals surface area contributed by atoms with Gasteiger partial charge in [-0.1, -0.05) is 6.07 Å². The lowest BCUT2D eigenvalue weighted by Crippen LogP contribution is -2.00. The number of hydrogen-bond donors (Lipinski definition) is 1. The molecule has 0 radical (unpaired) electrons. The molecule has 0 aliphatic rings. The standard InChI is InChI=1S/C22H21N3O3/c1-14-9-17(26-2)6-7-19(14)25-22-16(11-23)12-24-13-18(22)15-5-8-20(27-3)21(10-15)28-4/h5-10,12-13H,1-4H3,(H,24,25). The summed E-state index contributed by atoms with van der Waals surface area (Å²) in [5.74, 6) is 2.02. The Labute approximate surface area is 164 Å². The van der Waals surface area contributed by atoms with Crippen molar-refractivity contribution in [3.63, 3.8) is 0 Å². The average molecular weight is 375 g/mol. The van der Waals surface area contributed by atoms with Gasteiger partial charge in [-0.05, 0) is 48.4 Å². The highest BCUT2D eigenvalue weighted by molar-refractivity contribution is 5.85. The largest absolute Gasteiger partial charge is 0.497 e. The van der Waals surface area contributed by atoms with Crippen LogP contribution >= 0.6 is 0 Å². The molecule has 3 aromatic rings. The van der Waals surface area contributed by atoms with Gasteiger partial charge >= 0.3 is 0 Å². The van der Waals surface area contributed by atoms with E-state index in [0.717, 1.165) is 28.1 Å². The van der Waals surface area contributed by atoms with Crippen LogP contribution in [0.1, 0.15) is 11.1 Å². The molecule has 0 spiro atoms. The van der Waals surface area contributed by atoms with Crippen LogP contribution in [0, 0.1) is 18.3 Å². The minimum atomic E-state index is 0.447. The first-order chi connectivity index (χ1) is 13.6. The summed E-state index contributed by atoms with van der Waals surface area (Å²) in [6.45, 7) is 1.98. The molecule has 1 aromatic heterocycles. The van der Waals surface area contributed by atoms with Crippen LogP contribution in [0.3, 0.4) is 0 Å². The minimum Gasteiger partial charge on any atom is -0.497 e. The molecular formula is C22H21N3O3. The summed E-state index contributed by atoms with van der Waals surface area (Å²) in [6.07, 6.45) is 3.27. The number of benzene rings is 2. The lowest BCUT2D eigenvalue weighted by molar-refractivity contribution is 0.355. The number of nitriles is 1. The predicted molar refractivity (Wildman–Crippen MR) is 109 cm³/mol. The molecule has 1 N–H and O–H groups in total. The van der Waals surface area contributed by atoms with Gasteiger partial charge in [0.1, 0.15) is 11.8 Å². The number of ether oxygens (including phenoxy) is 3. The van der Waals surface area contributed by atoms with E-state index in [1.165, 1.54) is 0 Å². The molecule has 142 valence electrons. The van der Waals surface area contributed by atoms with Crippen molar-refractivity contribution in [3.05, 3.63) is 59.9 Å². The highest BCUT2D eigenvalue weighted by Gasteiger charge is 2.15. The topological polar surface area (TPSA) is 76.4 Å². The number of aryl methyl sites for hydroxylation is 1. The fourth-order valence-corrected chi connectivity index (χ4v) is 2.94. The zero-order chi connectivity index (χ0) is 20.1. The Hall–Kier alpha value is -3.72. The van der Waals surface area contributed by atoms with E-state index >= 15 is 0 Å².